The van der Waals surface area contributed by atoms with E-state index in [4.69, 9.17) is 0 Å². The number of fused-ring (bicyclic) bond motifs is 1. The van der Waals surface area contributed by atoms with Gasteiger partial charge in [-0.2, -0.15) is 10.1 Å². The lowest BCUT2D eigenvalue weighted by Gasteiger charge is -2.23. The number of nitro benzene ring substituents is 1. The van der Waals surface area contributed by atoms with Gasteiger partial charge in [0, 0.05) is 30.3 Å². The van der Waals surface area contributed by atoms with Crippen LogP contribution in [0.4, 0.5) is 17.1 Å². The van der Waals surface area contributed by atoms with Crippen molar-refractivity contribution in [3.05, 3.63) is 114 Å². The first-order valence-corrected chi connectivity index (χ1v) is 13.5. The molecule has 6 rings (SSSR count). The third-order valence-corrected chi connectivity index (χ3v) is 8.56. The number of carbonyl (C=O) groups excluding carboxylic acids is 1. The maximum atomic E-state index is 14.3. The lowest BCUT2D eigenvalue weighted by atomic mass is 9.84. The van der Waals surface area contributed by atoms with E-state index in [1.54, 1.807) is 17.6 Å². The number of amides is 1. The number of carbonyl (C=O) groups is 1. The minimum absolute atomic E-state index is 0.145. The molecule has 9 nitrogen and oxygen atoms in total. The van der Waals surface area contributed by atoms with Gasteiger partial charge < -0.3 is 4.90 Å². The summed E-state index contributed by atoms with van der Waals surface area (Å²) in [5.41, 5.74) is 3.78. The van der Waals surface area contributed by atoms with Gasteiger partial charge in [0.1, 0.15) is 9.20 Å². The first-order chi connectivity index (χ1) is 19.1. The Morgan fingerprint density at radius 1 is 0.925 bits per heavy atom. The summed E-state index contributed by atoms with van der Waals surface area (Å²) in [7, 11) is 1.96. The minimum atomic E-state index is -0.515. The van der Waals surface area contributed by atoms with Crippen LogP contribution in [0.15, 0.2) is 88.8 Å². The highest BCUT2D eigenvalue weighted by molar-refractivity contribution is 7.08. The Morgan fingerprint density at radius 2 is 1.60 bits per heavy atom. The van der Waals surface area contributed by atoms with Crippen LogP contribution in [0.25, 0.3) is 17.0 Å². The lowest BCUT2D eigenvalue weighted by molar-refractivity contribution is -0.384. The molecule has 0 aliphatic carbocycles. The average Bonchev–Trinajstić information content (AvgIpc) is 3.50. The Bertz CT molecular complexity index is 1940. The molecule has 40 heavy (non-hydrogen) atoms. The van der Waals surface area contributed by atoms with Gasteiger partial charge in [-0.3, -0.25) is 24.3 Å². The molecule has 2 aliphatic rings. The summed E-state index contributed by atoms with van der Waals surface area (Å²) in [5.74, 6) is -0.456. The van der Waals surface area contributed by atoms with Crippen LogP contribution in [0, 0.1) is 10.1 Å². The molecule has 4 aromatic rings. The SMILES string of the molecule is CC1=NN(c2cccc([N+](=O)[O-])c2)C(=O)C1=c1sc(=C2N(C)c3ccccc3C2(C)C)c(=O)n1-c1ccccc1. The summed E-state index contributed by atoms with van der Waals surface area (Å²) in [4.78, 5) is 41.0. The highest BCUT2D eigenvalue weighted by Crippen LogP contribution is 2.47. The molecule has 0 fully saturated rings. The summed E-state index contributed by atoms with van der Waals surface area (Å²) in [5, 5.41) is 17.0. The fourth-order valence-electron chi connectivity index (χ4n) is 5.57. The first-order valence-electron chi connectivity index (χ1n) is 12.7. The van der Waals surface area contributed by atoms with Gasteiger partial charge >= 0.3 is 0 Å². The van der Waals surface area contributed by atoms with Crippen LogP contribution in [0.5, 0.6) is 0 Å². The molecule has 2 aliphatic heterocycles. The number of anilines is 2. The predicted molar refractivity (Wildman–Crippen MR) is 158 cm³/mol. The second-order valence-corrected chi connectivity index (χ2v) is 11.2. The van der Waals surface area contributed by atoms with Crippen LogP contribution < -0.4 is 24.7 Å². The number of likely N-dealkylation sites (N-methyl/N-ethyl adjacent to an activating group) is 1. The van der Waals surface area contributed by atoms with E-state index in [0.29, 0.717) is 20.6 Å². The van der Waals surface area contributed by atoms with Crippen LogP contribution in [0.3, 0.4) is 0 Å². The monoisotopic (exact) mass is 551 g/mol. The predicted octanol–water partition coefficient (Wildman–Crippen LogP) is 3.92. The molecule has 1 aromatic heterocycles. The Morgan fingerprint density at radius 3 is 2.30 bits per heavy atom. The molecule has 200 valence electrons. The smallest absolute Gasteiger partial charge is 0.283 e. The van der Waals surface area contributed by atoms with Gasteiger partial charge in [-0.1, -0.05) is 56.3 Å². The van der Waals surface area contributed by atoms with Crippen molar-refractivity contribution in [3.63, 3.8) is 0 Å². The summed E-state index contributed by atoms with van der Waals surface area (Å²) < 4.78 is 2.56. The van der Waals surface area contributed by atoms with Gasteiger partial charge in [0.25, 0.3) is 17.2 Å². The largest absolute Gasteiger partial charge is 0.346 e. The number of nitro groups is 1. The number of benzene rings is 3. The summed E-state index contributed by atoms with van der Waals surface area (Å²) >= 11 is 1.26. The number of hydrogen-bond acceptors (Lipinski definition) is 7. The van der Waals surface area contributed by atoms with Gasteiger partial charge in [0.15, 0.2) is 0 Å². The molecule has 3 heterocycles. The van der Waals surface area contributed by atoms with E-state index >= 15 is 0 Å². The van der Waals surface area contributed by atoms with Crippen LogP contribution in [0.1, 0.15) is 26.3 Å². The summed E-state index contributed by atoms with van der Waals surface area (Å²) in [6.45, 7) is 5.90. The van der Waals surface area contributed by atoms with Crippen molar-refractivity contribution in [1.82, 2.24) is 4.57 Å². The number of hydrazone groups is 1. The Labute approximate surface area is 233 Å². The number of hydrogen-bond donors (Lipinski definition) is 0. The van der Waals surface area contributed by atoms with Gasteiger partial charge in [0.2, 0.25) is 0 Å². The van der Waals surface area contributed by atoms with Crippen molar-refractivity contribution in [2.45, 2.75) is 26.2 Å². The highest BCUT2D eigenvalue weighted by Gasteiger charge is 2.40. The highest BCUT2D eigenvalue weighted by atomic mass is 32.1. The standard InChI is InChI=1S/C30H25N5O4S/c1-18-24(27(36)34(31-18)20-13-10-14-21(17-20)35(38)39)29-33(19-11-6-5-7-12-19)28(37)25(40-29)26-30(2,3)22-15-8-9-16-23(22)32(26)4/h5-17H,1-4H3. The van der Waals surface area contributed by atoms with Crippen molar-refractivity contribution >= 4 is 51.3 Å². The molecule has 0 saturated carbocycles. The topological polar surface area (TPSA) is 101 Å². The number of aromatic nitrogens is 1. The molecule has 0 spiro atoms. The summed E-state index contributed by atoms with van der Waals surface area (Å²) in [6, 6.07) is 23.1. The zero-order chi connectivity index (χ0) is 28.3. The van der Waals surface area contributed by atoms with Crippen molar-refractivity contribution in [2.75, 3.05) is 17.0 Å². The van der Waals surface area contributed by atoms with Gasteiger partial charge in [0.05, 0.1) is 33.3 Å². The molecule has 0 unspecified atom stereocenters. The third-order valence-electron chi connectivity index (χ3n) is 7.41. The fourth-order valence-corrected chi connectivity index (χ4v) is 7.04. The number of para-hydroxylation sites is 2. The number of nitrogens with zero attached hydrogens (tertiary/aromatic N) is 5. The van der Waals surface area contributed by atoms with E-state index in [0.717, 1.165) is 22.0 Å². The van der Waals surface area contributed by atoms with Crippen molar-refractivity contribution in [1.29, 1.82) is 0 Å². The van der Waals surface area contributed by atoms with E-state index in [9.17, 15) is 19.7 Å². The molecule has 0 bridgehead atoms. The molecule has 10 heteroatoms. The third kappa shape index (κ3) is 3.71. The van der Waals surface area contributed by atoms with E-state index in [2.05, 4.69) is 29.9 Å². The normalized spacial score (nSPS) is 18.7. The lowest BCUT2D eigenvalue weighted by Crippen LogP contribution is -2.37. The van der Waals surface area contributed by atoms with E-state index < -0.39 is 16.2 Å². The molecule has 0 N–H and O–H groups in total. The molecule has 0 atom stereocenters. The molecule has 0 saturated heterocycles. The Hall–Kier alpha value is -4.83. The molecule has 3 aromatic carbocycles. The average molecular weight is 552 g/mol. The van der Waals surface area contributed by atoms with E-state index in [1.165, 1.54) is 29.5 Å². The van der Waals surface area contributed by atoms with Crippen LogP contribution in [-0.2, 0) is 10.2 Å². The van der Waals surface area contributed by atoms with E-state index in [1.807, 2.05) is 55.6 Å². The molecular formula is C30H25N5O4S. The number of rotatable bonds is 3. The zero-order valence-corrected chi connectivity index (χ0v) is 23.1. The van der Waals surface area contributed by atoms with Crippen molar-refractivity contribution < 1.29 is 9.72 Å². The quantitative estimate of drug-likeness (QED) is 0.284. The second-order valence-electron chi connectivity index (χ2n) is 10.2. The first kappa shape index (κ1) is 25.4. The zero-order valence-electron chi connectivity index (χ0n) is 22.3. The van der Waals surface area contributed by atoms with E-state index in [-0.39, 0.29) is 22.5 Å². The molecular weight excluding hydrogens is 526 g/mol. The Balaban J connectivity index is 1.66. The van der Waals surface area contributed by atoms with Gasteiger partial charge in [-0.05, 0) is 36.8 Å². The second kappa shape index (κ2) is 9.13. The number of non-ortho nitro benzene ring substituents is 1. The maximum absolute atomic E-state index is 14.3. The number of thiazole rings is 1. The molecule has 1 amide bonds. The van der Waals surface area contributed by atoms with Gasteiger partial charge in [-0.15, -0.1) is 11.3 Å². The summed E-state index contributed by atoms with van der Waals surface area (Å²) in [6.07, 6.45) is 0. The maximum Gasteiger partial charge on any atom is 0.283 e. The van der Waals surface area contributed by atoms with Crippen molar-refractivity contribution in [3.8, 4) is 5.69 Å². The molecule has 0 radical (unpaired) electrons. The minimum Gasteiger partial charge on any atom is -0.346 e. The van der Waals surface area contributed by atoms with Crippen LogP contribution >= 0.6 is 11.3 Å². The van der Waals surface area contributed by atoms with Crippen molar-refractivity contribution in [2.24, 2.45) is 5.10 Å². The Kier molecular flexibility index (Phi) is 5.81. The fraction of sp³-hybridized carbons (Fsp3) is 0.167. The van der Waals surface area contributed by atoms with Gasteiger partial charge in [-0.25, -0.2) is 0 Å². The van der Waals surface area contributed by atoms with Crippen LogP contribution in [0.2, 0.25) is 0 Å². The van der Waals surface area contributed by atoms with Crippen LogP contribution in [-0.4, -0.2) is 28.2 Å².